The molecule has 3 N–H and O–H groups in total. The summed E-state index contributed by atoms with van der Waals surface area (Å²) >= 11 is 6.12. The van der Waals surface area contributed by atoms with Gasteiger partial charge in [-0.05, 0) is 42.3 Å². The molecule has 0 aliphatic rings. The summed E-state index contributed by atoms with van der Waals surface area (Å²) in [6.07, 6.45) is 0. The quantitative estimate of drug-likeness (QED) is 0.539. The Bertz CT molecular complexity index is 1020. The van der Waals surface area contributed by atoms with Gasteiger partial charge in [-0.25, -0.2) is 13.1 Å². The van der Waals surface area contributed by atoms with Crippen LogP contribution in [-0.2, 0) is 19.6 Å². The Labute approximate surface area is 181 Å². The molecule has 0 aromatic heterocycles. The van der Waals surface area contributed by atoms with Crippen LogP contribution in [0.4, 0.5) is 11.4 Å². The maximum atomic E-state index is 12.3. The van der Waals surface area contributed by atoms with Crippen LogP contribution in [-0.4, -0.2) is 33.4 Å². The predicted octanol–water partition coefficient (Wildman–Crippen LogP) is 3.25. The smallest absolute Gasteiger partial charge is 0.262 e. The standard InChI is InChI=1S/C20H24ClN3O5S/c1-13(2)11-22-30(27,28)17-7-8-19(18(21)10-17)29-12-20(26)24-16-6-4-5-15(9-16)23-14(3)25/h4-10,13,22H,11-12H2,1-3H3,(H,23,25)(H,24,26). The van der Waals surface area contributed by atoms with E-state index in [9.17, 15) is 18.0 Å². The Morgan fingerprint density at radius 1 is 1.07 bits per heavy atom. The van der Waals surface area contributed by atoms with Crippen LogP contribution in [0, 0.1) is 5.92 Å². The molecule has 0 fully saturated rings. The number of halogens is 1. The van der Waals surface area contributed by atoms with Crippen molar-refractivity contribution in [3.05, 3.63) is 47.5 Å². The van der Waals surface area contributed by atoms with Crippen LogP contribution in [0.25, 0.3) is 0 Å². The fourth-order valence-corrected chi connectivity index (χ4v) is 3.88. The van der Waals surface area contributed by atoms with Gasteiger partial charge in [0.05, 0.1) is 9.92 Å². The lowest BCUT2D eigenvalue weighted by molar-refractivity contribution is -0.118. The Balaban J connectivity index is 1.97. The molecule has 2 aromatic carbocycles. The van der Waals surface area contributed by atoms with Gasteiger partial charge in [0, 0.05) is 24.8 Å². The summed E-state index contributed by atoms with van der Waals surface area (Å²) in [5.41, 5.74) is 1.03. The number of nitrogens with one attached hydrogen (secondary N) is 3. The van der Waals surface area contributed by atoms with Gasteiger partial charge in [-0.2, -0.15) is 0 Å². The van der Waals surface area contributed by atoms with E-state index in [1.165, 1.54) is 25.1 Å². The molecule has 2 rings (SSSR count). The van der Waals surface area contributed by atoms with Gasteiger partial charge >= 0.3 is 0 Å². The van der Waals surface area contributed by atoms with Gasteiger partial charge in [-0.15, -0.1) is 0 Å². The Morgan fingerprint density at radius 2 is 1.73 bits per heavy atom. The topological polar surface area (TPSA) is 114 Å². The van der Waals surface area contributed by atoms with Crippen molar-refractivity contribution in [2.45, 2.75) is 25.7 Å². The SMILES string of the molecule is CC(=O)Nc1cccc(NC(=O)COc2ccc(S(=O)(=O)NCC(C)C)cc2Cl)c1. The molecular weight excluding hydrogens is 430 g/mol. The monoisotopic (exact) mass is 453 g/mol. The van der Waals surface area contributed by atoms with Gasteiger partial charge in [-0.1, -0.05) is 31.5 Å². The molecule has 162 valence electrons. The van der Waals surface area contributed by atoms with Crippen LogP contribution in [0.15, 0.2) is 47.4 Å². The van der Waals surface area contributed by atoms with Gasteiger partial charge in [0.25, 0.3) is 5.91 Å². The highest BCUT2D eigenvalue weighted by Gasteiger charge is 2.17. The average molecular weight is 454 g/mol. The minimum Gasteiger partial charge on any atom is -0.482 e. The van der Waals surface area contributed by atoms with Crippen LogP contribution in [0.1, 0.15) is 20.8 Å². The molecule has 0 saturated heterocycles. The van der Waals surface area contributed by atoms with E-state index in [0.29, 0.717) is 17.9 Å². The highest BCUT2D eigenvalue weighted by molar-refractivity contribution is 7.89. The molecule has 0 heterocycles. The van der Waals surface area contributed by atoms with E-state index in [2.05, 4.69) is 15.4 Å². The summed E-state index contributed by atoms with van der Waals surface area (Å²) in [5, 5.41) is 5.34. The second-order valence-corrected chi connectivity index (χ2v) is 9.11. The number of amides is 2. The van der Waals surface area contributed by atoms with Crippen LogP contribution in [0.5, 0.6) is 5.75 Å². The minimum atomic E-state index is -3.68. The second kappa shape index (κ2) is 10.4. The third-order valence-corrected chi connectivity index (χ3v) is 5.44. The van der Waals surface area contributed by atoms with E-state index in [-0.39, 0.29) is 34.1 Å². The first-order chi connectivity index (χ1) is 14.1. The molecule has 8 nitrogen and oxygen atoms in total. The van der Waals surface area contributed by atoms with Gasteiger partial charge in [0.2, 0.25) is 15.9 Å². The first kappa shape index (κ1) is 23.7. The summed E-state index contributed by atoms with van der Waals surface area (Å²) < 4.78 is 32.4. The van der Waals surface area contributed by atoms with Crippen LogP contribution in [0.2, 0.25) is 5.02 Å². The molecule has 0 saturated carbocycles. The molecule has 10 heteroatoms. The maximum Gasteiger partial charge on any atom is 0.262 e. The molecule has 2 aromatic rings. The summed E-state index contributed by atoms with van der Waals surface area (Å²) in [6, 6.07) is 10.7. The number of rotatable bonds is 9. The third kappa shape index (κ3) is 7.33. The second-order valence-electron chi connectivity index (χ2n) is 6.94. The number of sulfonamides is 1. The van der Waals surface area contributed by atoms with E-state index in [4.69, 9.17) is 16.3 Å². The molecule has 0 unspecified atom stereocenters. The number of carbonyl (C=O) groups is 2. The number of ether oxygens (including phenoxy) is 1. The molecule has 2 amide bonds. The Hall–Kier alpha value is -2.62. The Kier molecular flexibility index (Phi) is 8.22. The lowest BCUT2D eigenvalue weighted by atomic mass is 10.2. The highest BCUT2D eigenvalue weighted by Crippen LogP contribution is 2.27. The summed E-state index contributed by atoms with van der Waals surface area (Å²) in [6.45, 7) is 5.16. The number of hydrogen-bond donors (Lipinski definition) is 3. The van der Waals surface area contributed by atoms with Crippen molar-refractivity contribution in [1.29, 1.82) is 0 Å². The van der Waals surface area contributed by atoms with Crippen molar-refractivity contribution >= 4 is 44.8 Å². The molecule has 0 bridgehead atoms. The molecule has 0 radical (unpaired) electrons. The van der Waals surface area contributed by atoms with E-state index in [1.54, 1.807) is 24.3 Å². The summed E-state index contributed by atoms with van der Waals surface area (Å²) in [4.78, 5) is 23.3. The minimum absolute atomic E-state index is 0.0136. The van der Waals surface area contributed by atoms with Crippen molar-refractivity contribution in [2.24, 2.45) is 5.92 Å². The maximum absolute atomic E-state index is 12.3. The van der Waals surface area contributed by atoms with Gasteiger partial charge in [0.15, 0.2) is 6.61 Å². The summed E-state index contributed by atoms with van der Waals surface area (Å²) in [7, 11) is -3.68. The van der Waals surface area contributed by atoms with Crippen LogP contribution < -0.4 is 20.1 Å². The van der Waals surface area contributed by atoms with Crippen molar-refractivity contribution in [3.8, 4) is 5.75 Å². The summed E-state index contributed by atoms with van der Waals surface area (Å²) in [5.74, 6) is -0.320. The molecule has 0 spiro atoms. The van der Waals surface area contributed by atoms with Crippen LogP contribution >= 0.6 is 11.6 Å². The number of anilines is 2. The number of hydrogen-bond acceptors (Lipinski definition) is 5. The zero-order valence-corrected chi connectivity index (χ0v) is 18.4. The zero-order valence-electron chi connectivity index (χ0n) is 16.9. The lowest BCUT2D eigenvalue weighted by Gasteiger charge is -2.12. The fraction of sp³-hybridized carbons (Fsp3) is 0.300. The normalized spacial score (nSPS) is 11.2. The van der Waals surface area contributed by atoms with Gasteiger partial charge in [-0.3, -0.25) is 9.59 Å². The van der Waals surface area contributed by atoms with E-state index in [1.807, 2.05) is 13.8 Å². The fourth-order valence-electron chi connectivity index (χ4n) is 2.34. The third-order valence-electron chi connectivity index (χ3n) is 3.72. The first-order valence-electron chi connectivity index (χ1n) is 9.16. The van der Waals surface area contributed by atoms with Gasteiger partial charge < -0.3 is 15.4 Å². The molecule has 0 aliphatic heterocycles. The van der Waals surface area contributed by atoms with Crippen molar-refractivity contribution < 1.29 is 22.7 Å². The average Bonchev–Trinajstić information content (AvgIpc) is 2.65. The first-order valence-corrected chi connectivity index (χ1v) is 11.0. The molecular formula is C20H24ClN3O5S. The largest absolute Gasteiger partial charge is 0.482 e. The number of benzene rings is 2. The van der Waals surface area contributed by atoms with E-state index in [0.717, 1.165) is 0 Å². The lowest BCUT2D eigenvalue weighted by Crippen LogP contribution is -2.27. The van der Waals surface area contributed by atoms with Gasteiger partial charge in [0.1, 0.15) is 5.75 Å². The zero-order chi connectivity index (χ0) is 22.3. The Morgan fingerprint density at radius 3 is 2.33 bits per heavy atom. The molecule has 0 aliphatic carbocycles. The predicted molar refractivity (Wildman–Crippen MR) is 116 cm³/mol. The van der Waals surface area contributed by atoms with Crippen molar-refractivity contribution in [1.82, 2.24) is 4.72 Å². The van der Waals surface area contributed by atoms with E-state index >= 15 is 0 Å². The van der Waals surface area contributed by atoms with Crippen molar-refractivity contribution in [3.63, 3.8) is 0 Å². The van der Waals surface area contributed by atoms with Crippen LogP contribution in [0.3, 0.4) is 0 Å². The molecule has 30 heavy (non-hydrogen) atoms. The van der Waals surface area contributed by atoms with E-state index < -0.39 is 15.9 Å². The molecule has 0 atom stereocenters. The highest BCUT2D eigenvalue weighted by atomic mass is 35.5. The number of carbonyl (C=O) groups excluding carboxylic acids is 2. The van der Waals surface area contributed by atoms with Crippen molar-refractivity contribution in [2.75, 3.05) is 23.8 Å².